The fraction of sp³-hybridized carbons (Fsp3) is 0.364. The third kappa shape index (κ3) is 2.73. The zero-order valence-electron chi connectivity index (χ0n) is 16.9. The molecule has 0 bridgehead atoms. The first-order valence-electron chi connectivity index (χ1n) is 9.60. The molecule has 2 aliphatic heterocycles. The Bertz CT molecular complexity index is 1060. The van der Waals surface area contributed by atoms with E-state index in [1.807, 2.05) is 19.1 Å². The van der Waals surface area contributed by atoms with Gasteiger partial charge >= 0.3 is 5.97 Å². The molecule has 0 saturated carbocycles. The molecule has 158 valence electrons. The molecule has 0 spiro atoms. The Hall–Kier alpha value is -2.61. The summed E-state index contributed by atoms with van der Waals surface area (Å²) in [5.41, 5.74) is -0.569. The van der Waals surface area contributed by atoms with Crippen molar-refractivity contribution in [2.75, 3.05) is 19.0 Å². The molecule has 8 heteroatoms. The van der Waals surface area contributed by atoms with Gasteiger partial charge in [-0.3, -0.25) is 14.5 Å². The maximum Gasteiger partial charge on any atom is 0.323 e. The number of aliphatic carboxylic acids is 1. The highest BCUT2D eigenvalue weighted by Gasteiger charge is 2.63. The predicted molar refractivity (Wildman–Crippen MR) is 112 cm³/mol. The summed E-state index contributed by atoms with van der Waals surface area (Å²) in [6.07, 6.45) is -0.920. The third-order valence-electron chi connectivity index (χ3n) is 6.18. The lowest BCUT2D eigenvalue weighted by molar-refractivity contribution is -0.153. The standard InChI is InChI=1S/C22H23ClN2O5/c1-12-4-7-18(30-3)16(8-12)22(25-11-14(26)10-21(25,2)20(28)29)15-9-13(23)5-6-17(15)24-19(22)27/h4-9,14,26H,10-11H2,1-3H3,(H,24,27)(H,28,29)/t14-,21+,22?/m1/s1. The molecule has 4 rings (SSSR count). The number of hydrogen-bond acceptors (Lipinski definition) is 5. The van der Waals surface area contributed by atoms with Crippen LogP contribution in [0, 0.1) is 6.92 Å². The molecule has 3 N–H and O–H groups in total. The van der Waals surface area contributed by atoms with Gasteiger partial charge < -0.3 is 20.3 Å². The van der Waals surface area contributed by atoms with Crippen LogP contribution in [-0.4, -0.2) is 52.3 Å². The molecule has 1 saturated heterocycles. The summed E-state index contributed by atoms with van der Waals surface area (Å²) in [6.45, 7) is 3.42. The minimum Gasteiger partial charge on any atom is -0.496 e. The fourth-order valence-electron chi connectivity index (χ4n) is 4.80. The van der Waals surface area contributed by atoms with Crippen LogP contribution in [0.2, 0.25) is 5.02 Å². The van der Waals surface area contributed by atoms with Crippen molar-refractivity contribution >= 4 is 29.2 Å². The molecule has 1 fully saturated rings. The van der Waals surface area contributed by atoms with Crippen LogP contribution in [0.5, 0.6) is 5.75 Å². The van der Waals surface area contributed by atoms with Gasteiger partial charge in [-0.1, -0.05) is 23.2 Å². The Morgan fingerprint density at radius 3 is 2.67 bits per heavy atom. The zero-order valence-corrected chi connectivity index (χ0v) is 17.7. The van der Waals surface area contributed by atoms with Gasteiger partial charge in [0.05, 0.1) is 13.2 Å². The molecule has 2 aromatic carbocycles. The fourth-order valence-corrected chi connectivity index (χ4v) is 4.97. The monoisotopic (exact) mass is 430 g/mol. The van der Waals surface area contributed by atoms with Crippen molar-refractivity contribution in [2.45, 2.75) is 37.5 Å². The van der Waals surface area contributed by atoms with E-state index in [0.717, 1.165) is 5.56 Å². The van der Waals surface area contributed by atoms with Crippen molar-refractivity contribution in [3.63, 3.8) is 0 Å². The zero-order chi connectivity index (χ0) is 21.8. The number of anilines is 1. The number of aliphatic hydroxyl groups excluding tert-OH is 1. The molecular formula is C22H23ClN2O5. The van der Waals surface area contributed by atoms with Crippen LogP contribution in [-0.2, 0) is 15.1 Å². The lowest BCUT2D eigenvalue weighted by Gasteiger charge is -2.44. The first-order valence-corrected chi connectivity index (χ1v) is 9.98. The van der Waals surface area contributed by atoms with E-state index >= 15 is 0 Å². The van der Waals surface area contributed by atoms with E-state index in [-0.39, 0.29) is 13.0 Å². The van der Waals surface area contributed by atoms with E-state index < -0.39 is 29.1 Å². The van der Waals surface area contributed by atoms with E-state index in [0.29, 0.717) is 27.6 Å². The van der Waals surface area contributed by atoms with E-state index in [4.69, 9.17) is 16.3 Å². The number of aliphatic hydroxyl groups is 1. The van der Waals surface area contributed by atoms with Gasteiger partial charge in [0.1, 0.15) is 11.3 Å². The van der Waals surface area contributed by atoms with E-state index in [2.05, 4.69) is 5.32 Å². The summed E-state index contributed by atoms with van der Waals surface area (Å²) in [4.78, 5) is 27.7. The number of ether oxygens (including phenoxy) is 1. The number of carbonyl (C=O) groups is 2. The number of fused-ring (bicyclic) bond motifs is 1. The number of carbonyl (C=O) groups excluding carboxylic acids is 1. The predicted octanol–water partition coefficient (Wildman–Crippen LogP) is 2.76. The molecule has 30 heavy (non-hydrogen) atoms. The highest BCUT2D eigenvalue weighted by Crippen LogP contribution is 2.53. The van der Waals surface area contributed by atoms with Gasteiger partial charge in [0.15, 0.2) is 5.54 Å². The Balaban J connectivity index is 2.12. The number of carboxylic acid groups (broad SMARTS) is 1. The van der Waals surface area contributed by atoms with Crippen molar-refractivity contribution in [3.05, 3.63) is 58.1 Å². The number of likely N-dealkylation sites (tertiary alicyclic amines) is 1. The van der Waals surface area contributed by atoms with Crippen molar-refractivity contribution in [2.24, 2.45) is 0 Å². The van der Waals surface area contributed by atoms with Crippen LogP contribution >= 0.6 is 11.6 Å². The maximum absolute atomic E-state index is 13.7. The Labute approximate surface area is 179 Å². The third-order valence-corrected chi connectivity index (χ3v) is 6.42. The number of hydrogen-bond donors (Lipinski definition) is 3. The molecule has 0 radical (unpaired) electrons. The molecule has 2 aliphatic rings. The van der Waals surface area contributed by atoms with Gasteiger partial charge in [0.2, 0.25) is 0 Å². The van der Waals surface area contributed by atoms with E-state index in [1.165, 1.54) is 14.0 Å². The minimum absolute atomic E-state index is 0.000725. The number of halogens is 1. The number of rotatable bonds is 4. The lowest BCUT2D eigenvalue weighted by Crippen LogP contribution is -2.61. The van der Waals surface area contributed by atoms with Crippen molar-refractivity contribution in [3.8, 4) is 5.75 Å². The average molecular weight is 431 g/mol. The van der Waals surface area contributed by atoms with Crippen molar-refractivity contribution in [1.82, 2.24) is 4.90 Å². The van der Waals surface area contributed by atoms with Crippen LogP contribution in [0.3, 0.4) is 0 Å². The summed E-state index contributed by atoms with van der Waals surface area (Å²) in [6, 6.07) is 10.5. The van der Waals surface area contributed by atoms with E-state index in [9.17, 15) is 19.8 Å². The minimum atomic E-state index is -1.54. The molecule has 0 aliphatic carbocycles. The Morgan fingerprint density at radius 2 is 2.00 bits per heavy atom. The number of nitrogens with one attached hydrogen (secondary N) is 1. The molecule has 3 atom stereocenters. The molecule has 7 nitrogen and oxygen atoms in total. The maximum atomic E-state index is 13.7. The van der Waals surface area contributed by atoms with Crippen molar-refractivity contribution in [1.29, 1.82) is 0 Å². The Kier molecular flexibility index (Phi) is 4.80. The van der Waals surface area contributed by atoms with Gasteiger partial charge in [-0.25, -0.2) is 0 Å². The summed E-state index contributed by atoms with van der Waals surface area (Å²) in [7, 11) is 1.50. The van der Waals surface area contributed by atoms with Gasteiger partial charge in [0, 0.05) is 34.8 Å². The van der Waals surface area contributed by atoms with E-state index in [1.54, 1.807) is 29.2 Å². The second kappa shape index (κ2) is 6.97. The first-order chi connectivity index (χ1) is 14.1. The van der Waals surface area contributed by atoms with Gasteiger partial charge in [-0.05, 0) is 44.2 Å². The molecule has 1 amide bonds. The van der Waals surface area contributed by atoms with Gasteiger partial charge in [-0.2, -0.15) is 0 Å². The molecule has 1 unspecified atom stereocenters. The molecule has 2 heterocycles. The van der Waals surface area contributed by atoms with Crippen LogP contribution in [0.25, 0.3) is 0 Å². The van der Waals surface area contributed by atoms with Crippen LogP contribution < -0.4 is 10.1 Å². The SMILES string of the molecule is COc1ccc(C)cc1C1(N2C[C@H](O)C[C@@]2(C)C(=O)O)C(=O)Nc2ccc(Cl)cc21. The Morgan fingerprint density at radius 1 is 1.27 bits per heavy atom. The smallest absolute Gasteiger partial charge is 0.323 e. The number of aryl methyl sites for hydroxylation is 1. The molecule has 0 aromatic heterocycles. The first kappa shape index (κ1) is 20.7. The summed E-state index contributed by atoms with van der Waals surface area (Å²) in [5.74, 6) is -1.09. The number of carboxylic acids is 1. The summed E-state index contributed by atoms with van der Waals surface area (Å²) < 4.78 is 5.60. The van der Waals surface area contributed by atoms with Crippen LogP contribution in [0.15, 0.2) is 36.4 Å². The number of amides is 1. The topological polar surface area (TPSA) is 99.1 Å². The quantitative estimate of drug-likeness (QED) is 0.689. The second-order valence-electron chi connectivity index (χ2n) is 8.11. The lowest BCUT2D eigenvalue weighted by atomic mass is 9.78. The van der Waals surface area contributed by atoms with Crippen LogP contribution in [0.4, 0.5) is 5.69 Å². The summed E-state index contributed by atoms with van der Waals surface area (Å²) in [5, 5.41) is 23.9. The second-order valence-corrected chi connectivity index (χ2v) is 8.54. The van der Waals surface area contributed by atoms with Gasteiger partial charge in [-0.15, -0.1) is 0 Å². The highest BCUT2D eigenvalue weighted by atomic mass is 35.5. The number of benzene rings is 2. The largest absolute Gasteiger partial charge is 0.496 e. The number of nitrogens with zero attached hydrogens (tertiary/aromatic N) is 1. The normalized spacial score (nSPS) is 28.3. The van der Waals surface area contributed by atoms with Gasteiger partial charge in [0.25, 0.3) is 5.91 Å². The molecule has 2 aromatic rings. The highest BCUT2D eigenvalue weighted by molar-refractivity contribution is 6.31. The molecular weight excluding hydrogens is 408 g/mol. The number of methoxy groups -OCH3 is 1. The number of β-amino-alcohol motifs (C(OH)–C–C–N with tert-alkyl or cyclic N) is 1. The summed E-state index contributed by atoms with van der Waals surface area (Å²) >= 11 is 6.31. The van der Waals surface area contributed by atoms with Crippen LogP contribution in [0.1, 0.15) is 30.0 Å². The average Bonchev–Trinajstić information content (AvgIpc) is 3.15. The van der Waals surface area contributed by atoms with Crippen molar-refractivity contribution < 1.29 is 24.5 Å².